The second-order valence-electron chi connectivity index (χ2n) is 6.56. The summed E-state index contributed by atoms with van der Waals surface area (Å²) >= 11 is 1.59. The molecule has 0 bridgehead atoms. The fraction of sp³-hybridized carbons (Fsp3) is 0.250. The molecule has 138 valence electrons. The molecule has 3 amide bonds. The molecule has 0 saturated carbocycles. The van der Waals surface area contributed by atoms with E-state index in [1.807, 2.05) is 48.5 Å². The van der Waals surface area contributed by atoms with Crippen molar-refractivity contribution in [2.75, 3.05) is 23.8 Å². The Bertz CT molecular complexity index is 967. The number of thiazole rings is 1. The number of hydrogen-bond donors (Lipinski definition) is 1. The smallest absolute Gasteiger partial charge is 0.321 e. The van der Waals surface area contributed by atoms with Crippen molar-refractivity contribution in [3.63, 3.8) is 0 Å². The third-order valence-corrected chi connectivity index (χ3v) is 5.56. The molecule has 1 aliphatic rings. The molecule has 0 atom stereocenters. The van der Waals surface area contributed by atoms with E-state index >= 15 is 0 Å². The zero-order valence-corrected chi connectivity index (χ0v) is 15.8. The van der Waals surface area contributed by atoms with Gasteiger partial charge in [0.2, 0.25) is 5.91 Å². The topological polar surface area (TPSA) is 65.5 Å². The van der Waals surface area contributed by atoms with Gasteiger partial charge in [-0.25, -0.2) is 9.78 Å². The minimum Gasteiger partial charge on any atom is -0.321 e. The maximum atomic E-state index is 12.5. The molecule has 1 aromatic heterocycles. The highest BCUT2D eigenvalue weighted by Crippen LogP contribution is 2.25. The van der Waals surface area contributed by atoms with Gasteiger partial charge >= 0.3 is 6.03 Å². The van der Waals surface area contributed by atoms with Crippen molar-refractivity contribution in [1.29, 1.82) is 0 Å². The first kappa shape index (κ1) is 17.5. The second-order valence-corrected chi connectivity index (χ2v) is 7.68. The van der Waals surface area contributed by atoms with E-state index in [2.05, 4.69) is 10.3 Å². The summed E-state index contributed by atoms with van der Waals surface area (Å²) in [5.74, 6) is 0.131. The molecule has 2 aromatic carbocycles. The first-order valence-corrected chi connectivity index (χ1v) is 9.69. The van der Waals surface area contributed by atoms with E-state index < -0.39 is 0 Å². The second kappa shape index (κ2) is 7.36. The van der Waals surface area contributed by atoms with E-state index in [0.717, 1.165) is 33.9 Å². The third-order valence-electron chi connectivity index (χ3n) is 4.54. The van der Waals surface area contributed by atoms with Crippen LogP contribution in [0, 0.1) is 0 Å². The molecule has 0 aliphatic carbocycles. The molecule has 1 saturated heterocycles. The van der Waals surface area contributed by atoms with Gasteiger partial charge in [0.05, 0.1) is 16.8 Å². The number of nitrogens with one attached hydrogen (secondary N) is 1. The van der Waals surface area contributed by atoms with Gasteiger partial charge in [0.15, 0.2) is 0 Å². The Labute approximate surface area is 161 Å². The fourth-order valence-corrected chi connectivity index (χ4v) is 4.17. The van der Waals surface area contributed by atoms with E-state index in [9.17, 15) is 9.59 Å². The monoisotopic (exact) mass is 380 g/mol. The van der Waals surface area contributed by atoms with Gasteiger partial charge in [-0.1, -0.05) is 18.2 Å². The molecule has 0 unspecified atom stereocenters. The van der Waals surface area contributed by atoms with Crippen molar-refractivity contribution >= 4 is 44.9 Å². The number of rotatable bonds is 4. The van der Waals surface area contributed by atoms with Gasteiger partial charge < -0.3 is 15.1 Å². The Morgan fingerprint density at radius 3 is 2.89 bits per heavy atom. The van der Waals surface area contributed by atoms with Crippen molar-refractivity contribution < 1.29 is 9.59 Å². The number of hydrogen-bond acceptors (Lipinski definition) is 4. The van der Waals surface area contributed by atoms with Crippen LogP contribution in [-0.2, 0) is 11.3 Å². The lowest BCUT2D eigenvalue weighted by Gasteiger charge is -2.19. The molecule has 1 aliphatic heterocycles. The Kier molecular flexibility index (Phi) is 4.77. The number of fused-ring (bicyclic) bond motifs is 1. The predicted molar refractivity (Wildman–Crippen MR) is 108 cm³/mol. The molecule has 3 aromatic rings. The molecular formula is C20H20N4O2S. The summed E-state index contributed by atoms with van der Waals surface area (Å²) in [4.78, 5) is 32.4. The zero-order valence-electron chi connectivity index (χ0n) is 15.0. The average Bonchev–Trinajstić information content (AvgIpc) is 3.27. The molecule has 2 heterocycles. The lowest BCUT2D eigenvalue weighted by molar-refractivity contribution is -0.117. The minimum atomic E-state index is -0.209. The van der Waals surface area contributed by atoms with Gasteiger partial charge in [0, 0.05) is 31.4 Å². The summed E-state index contributed by atoms with van der Waals surface area (Å²) < 4.78 is 1.12. The van der Waals surface area contributed by atoms with E-state index in [0.29, 0.717) is 18.7 Å². The molecular weight excluding hydrogens is 360 g/mol. The van der Waals surface area contributed by atoms with Crippen LogP contribution in [0.1, 0.15) is 17.8 Å². The molecule has 4 rings (SSSR count). The van der Waals surface area contributed by atoms with Gasteiger partial charge in [0.1, 0.15) is 5.01 Å². The van der Waals surface area contributed by atoms with Gasteiger partial charge in [-0.15, -0.1) is 11.3 Å². The van der Waals surface area contributed by atoms with Crippen LogP contribution in [0.3, 0.4) is 0 Å². The number of nitrogens with zero attached hydrogens (tertiary/aromatic N) is 3. The number of amides is 3. The molecule has 27 heavy (non-hydrogen) atoms. The van der Waals surface area contributed by atoms with Crippen LogP contribution < -0.4 is 10.2 Å². The van der Waals surface area contributed by atoms with Crippen LogP contribution in [0.4, 0.5) is 16.2 Å². The van der Waals surface area contributed by atoms with Crippen LogP contribution in [0.5, 0.6) is 0 Å². The normalized spacial score (nSPS) is 14.0. The highest BCUT2D eigenvalue weighted by atomic mass is 32.1. The minimum absolute atomic E-state index is 0.131. The standard InChI is InChI=1S/C20H20N4O2S/c1-23(13-18-22-16-8-2-3-9-17(16)27-18)20(26)21-14-6-4-7-15(12-14)24-11-5-10-19(24)25/h2-4,6-9,12H,5,10-11,13H2,1H3,(H,21,26). The van der Waals surface area contributed by atoms with Crippen LogP contribution in [0.15, 0.2) is 48.5 Å². The number of urea groups is 1. The van der Waals surface area contributed by atoms with Crippen LogP contribution in [-0.4, -0.2) is 35.4 Å². The van der Waals surface area contributed by atoms with Gasteiger partial charge in [-0.3, -0.25) is 4.79 Å². The van der Waals surface area contributed by atoms with Crippen molar-refractivity contribution in [3.05, 3.63) is 53.5 Å². The highest BCUT2D eigenvalue weighted by molar-refractivity contribution is 7.18. The Hall–Kier alpha value is -2.93. The van der Waals surface area contributed by atoms with E-state index in [1.165, 1.54) is 0 Å². The quantitative estimate of drug-likeness (QED) is 0.741. The van der Waals surface area contributed by atoms with Crippen LogP contribution >= 0.6 is 11.3 Å². The van der Waals surface area contributed by atoms with Crippen molar-refractivity contribution in [2.45, 2.75) is 19.4 Å². The van der Waals surface area contributed by atoms with Crippen LogP contribution in [0.2, 0.25) is 0 Å². The largest absolute Gasteiger partial charge is 0.321 e. The predicted octanol–water partition coefficient (Wildman–Crippen LogP) is 4.09. The summed E-state index contributed by atoms with van der Waals surface area (Å²) in [5, 5.41) is 3.79. The number of carbonyl (C=O) groups is 2. The van der Waals surface area contributed by atoms with Crippen LogP contribution in [0.25, 0.3) is 10.2 Å². The Balaban J connectivity index is 1.43. The Morgan fingerprint density at radius 2 is 2.11 bits per heavy atom. The summed E-state index contributed by atoms with van der Waals surface area (Å²) in [6.45, 7) is 1.17. The summed E-state index contributed by atoms with van der Waals surface area (Å²) in [6, 6.07) is 15.1. The van der Waals surface area contributed by atoms with E-state index in [1.54, 1.807) is 28.2 Å². The van der Waals surface area contributed by atoms with Crippen molar-refractivity contribution in [2.24, 2.45) is 0 Å². The van der Waals surface area contributed by atoms with E-state index in [4.69, 9.17) is 0 Å². The first-order valence-electron chi connectivity index (χ1n) is 8.87. The first-order chi connectivity index (χ1) is 13.1. The number of anilines is 2. The lowest BCUT2D eigenvalue weighted by atomic mass is 10.2. The number of carbonyl (C=O) groups excluding carboxylic acids is 2. The van der Waals surface area contributed by atoms with E-state index in [-0.39, 0.29) is 11.9 Å². The Morgan fingerprint density at radius 1 is 1.26 bits per heavy atom. The fourth-order valence-electron chi connectivity index (χ4n) is 3.15. The molecule has 1 N–H and O–H groups in total. The number of para-hydroxylation sites is 1. The summed E-state index contributed by atoms with van der Waals surface area (Å²) in [7, 11) is 1.75. The van der Waals surface area contributed by atoms with Crippen molar-refractivity contribution in [1.82, 2.24) is 9.88 Å². The average molecular weight is 380 g/mol. The molecule has 7 heteroatoms. The lowest BCUT2D eigenvalue weighted by Crippen LogP contribution is -2.31. The number of aromatic nitrogens is 1. The maximum absolute atomic E-state index is 12.5. The summed E-state index contributed by atoms with van der Waals surface area (Å²) in [5.41, 5.74) is 2.45. The van der Waals surface area contributed by atoms with Gasteiger partial charge in [0.25, 0.3) is 0 Å². The van der Waals surface area contributed by atoms with Gasteiger partial charge in [-0.05, 0) is 36.8 Å². The third kappa shape index (κ3) is 3.78. The molecule has 0 spiro atoms. The number of benzene rings is 2. The molecule has 1 fully saturated rings. The van der Waals surface area contributed by atoms with Crippen molar-refractivity contribution in [3.8, 4) is 0 Å². The molecule has 6 nitrogen and oxygen atoms in total. The maximum Gasteiger partial charge on any atom is 0.321 e. The van der Waals surface area contributed by atoms with Gasteiger partial charge in [-0.2, -0.15) is 0 Å². The summed E-state index contributed by atoms with van der Waals surface area (Å²) in [6.07, 6.45) is 1.46. The SMILES string of the molecule is CN(Cc1nc2ccccc2s1)C(=O)Nc1cccc(N2CCCC2=O)c1. The zero-order chi connectivity index (χ0) is 18.8. The molecule has 0 radical (unpaired) electrons. The highest BCUT2D eigenvalue weighted by Gasteiger charge is 2.22.